The topological polar surface area (TPSA) is 62.2 Å². The first-order valence-corrected chi connectivity index (χ1v) is 4.60. The summed E-state index contributed by atoms with van der Waals surface area (Å²) in [4.78, 5) is 15.1. The van der Waals surface area contributed by atoms with Gasteiger partial charge in [0.25, 0.3) is 0 Å². The molecule has 1 aromatic rings. The molecule has 0 saturated heterocycles. The number of carbonyl (C=O) groups is 1. The SMILES string of the molecule is O=C1CC(O)c2nc(Br)ccc2N1. The quantitative estimate of drug-likeness (QED) is 0.673. The zero-order valence-electron chi connectivity index (χ0n) is 6.62. The molecule has 0 spiro atoms. The normalized spacial score (nSPS) is 20.8. The molecule has 4 nitrogen and oxygen atoms in total. The number of hydrogen-bond acceptors (Lipinski definition) is 3. The van der Waals surface area contributed by atoms with Gasteiger partial charge in [0, 0.05) is 0 Å². The molecular formula is C8H7BrN2O2. The van der Waals surface area contributed by atoms with Gasteiger partial charge in [-0.25, -0.2) is 4.98 Å². The summed E-state index contributed by atoms with van der Waals surface area (Å²) in [5.41, 5.74) is 1.11. The van der Waals surface area contributed by atoms with E-state index in [4.69, 9.17) is 0 Å². The van der Waals surface area contributed by atoms with Crippen molar-refractivity contribution in [2.24, 2.45) is 0 Å². The fourth-order valence-corrected chi connectivity index (χ4v) is 1.61. The van der Waals surface area contributed by atoms with Gasteiger partial charge in [-0.2, -0.15) is 0 Å². The van der Waals surface area contributed by atoms with E-state index in [1.54, 1.807) is 12.1 Å². The van der Waals surface area contributed by atoms with Crippen molar-refractivity contribution in [1.82, 2.24) is 4.98 Å². The first kappa shape index (κ1) is 8.65. The smallest absolute Gasteiger partial charge is 0.227 e. The highest BCUT2D eigenvalue weighted by molar-refractivity contribution is 9.10. The molecule has 13 heavy (non-hydrogen) atoms. The molecule has 68 valence electrons. The largest absolute Gasteiger partial charge is 0.386 e. The number of pyridine rings is 1. The number of aliphatic hydroxyl groups is 1. The lowest BCUT2D eigenvalue weighted by molar-refractivity contribution is -0.118. The van der Waals surface area contributed by atoms with Crippen LogP contribution in [0, 0.1) is 0 Å². The van der Waals surface area contributed by atoms with Crippen LogP contribution >= 0.6 is 15.9 Å². The van der Waals surface area contributed by atoms with Gasteiger partial charge in [0.15, 0.2) is 0 Å². The minimum atomic E-state index is -0.791. The van der Waals surface area contributed by atoms with E-state index in [1.807, 2.05) is 0 Å². The number of aliphatic hydroxyl groups excluding tert-OH is 1. The van der Waals surface area contributed by atoms with E-state index in [0.29, 0.717) is 16.0 Å². The second-order valence-electron chi connectivity index (χ2n) is 2.83. The molecule has 1 unspecified atom stereocenters. The van der Waals surface area contributed by atoms with E-state index in [9.17, 15) is 9.90 Å². The number of nitrogens with one attached hydrogen (secondary N) is 1. The Morgan fingerprint density at radius 3 is 3.15 bits per heavy atom. The number of amides is 1. The van der Waals surface area contributed by atoms with Crippen molar-refractivity contribution >= 4 is 27.5 Å². The molecule has 2 heterocycles. The molecule has 5 heteroatoms. The Balaban J connectivity index is 2.49. The molecule has 0 bridgehead atoms. The lowest BCUT2D eigenvalue weighted by atomic mass is 10.1. The van der Waals surface area contributed by atoms with Crippen molar-refractivity contribution in [3.8, 4) is 0 Å². The van der Waals surface area contributed by atoms with Crippen molar-refractivity contribution in [2.45, 2.75) is 12.5 Å². The zero-order chi connectivity index (χ0) is 9.42. The second kappa shape index (κ2) is 3.08. The van der Waals surface area contributed by atoms with Crippen LogP contribution in [0.5, 0.6) is 0 Å². The molecule has 2 rings (SSSR count). The molecule has 0 aliphatic carbocycles. The Bertz CT molecular complexity index is 367. The van der Waals surface area contributed by atoms with E-state index in [2.05, 4.69) is 26.2 Å². The number of hydrogen-bond donors (Lipinski definition) is 2. The standard InChI is InChI=1S/C8H7BrN2O2/c9-6-2-1-4-8(11-6)5(12)3-7(13)10-4/h1-2,5,12H,3H2,(H,10,13). The first-order chi connectivity index (χ1) is 6.16. The molecule has 0 aromatic carbocycles. The van der Waals surface area contributed by atoms with Gasteiger partial charge < -0.3 is 10.4 Å². The van der Waals surface area contributed by atoms with Gasteiger partial charge in [-0.1, -0.05) is 0 Å². The van der Waals surface area contributed by atoms with Crippen LogP contribution in [-0.2, 0) is 4.79 Å². The van der Waals surface area contributed by atoms with Crippen molar-refractivity contribution in [2.75, 3.05) is 5.32 Å². The molecule has 2 N–H and O–H groups in total. The van der Waals surface area contributed by atoms with Gasteiger partial charge in [-0.05, 0) is 28.1 Å². The lowest BCUT2D eigenvalue weighted by Crippen LogP contribution is -2.23. The van der Waals surface area contributed by atoms with E-state index < -0.39 is 6.10 Å². The van der Waals surface area contributed by atoms with Gasteiger partial charge in [0.05, 0.1) is 17.8 Å². The van der Waals surface area contributed by atoms with Crippen molar-refractivity contribution in [3.63, 3.8) is 0 Å². The fourth-order valence-electron chi connectivity index (χ4n) is 1.28. The Morgan fingerprint density at radius 2 is 2.38 bits per heavy atom. The third-order valence-electron chi connectivity index (χ3n) is 1.86. The number of carbonyl (C=O) groups excluding carboxylic acids is 1. The number of fused-ring (bicyclic) bond motifs is 1. The minimum Gasteiger partial charge on any atom is -0.386 e. The molecule has 0 saturated carbocycles. The van der Waals surface area contributed by atoms with E-state index in [-0.39, 0.29) is 12.3 Å². The van der Waals surface area contributed by atoms with Crippen molar-refractivity contribution in [1.29, 1.82) is 0 Å². The number of aromatic nitrogens is 1. The average molecular weight is 243 g/mol. The average Bonchev–Trinajstić information content (AvgIpc) is 2.06. The highest BCUT2D eigenvalue weighted by Gasteiger charge is 2.24. The van der Waals surface area contributed by atoms with Crippen LogP contribution in [-0.4, -0.2) is 16.0 Å². The summed E-state index contributed by atoms with van der Waals surface area (Å²) >= 11 is 3.20. The molecular weight excluding hydrogens is 236 g/mol. The van der Waals surface area contributed by atoms with Crippen LogP contribution < -0.4 is 5.32 Å². The third kappa shape index (κ3) is 1.57. The Labute approximate surface area is 83.1 Å². The van der Waals surface area contributed by atoms with E-state index in [0.717, 1.165) is 0 Å². The zero-order valence-corrected chi connectivity index (χ0v) is 8.21. The third-order valence-corrected chi connectivity index (χ3v) is 2.30. The maximum absolute atomic E-state index is 11.0. The monoisotopic (exact) mass is 242 g/mol. The number of halogens is 1. The number of rotatable bonds is 0. The molecule has 1 aliphatic heterocycles. The summed E-state index contributed by atoms with van der Waals surface area (Å²) in [5, 5.41) is 12.1. The van der Waals surface area contributed by atoms with Gasteiger partial charge in [-0.3, -0.25) is 4.79 Å². The lowest BCUT2D eigenvalue weighted by Gasteiger charge is -2.20. The Morgan fingerprint density at radius 1 is 1.62 bits per heavy atom. The molecule has 0 radical (unpaired) electrons. The fraction of sp³-hybridized carbons (Fsp3) is 0.250. The number of nitrogens with zero attached hydrogens (tertiary/aromatic N) is 1. The first-order valence-electron chi connectivity index (χ1n) is 3.81. The Hall–Kier alpha value is -0.940. The van der Waals surface area contributed by atoms with Crippen LogP contribution in [0.1, 0.15) is 18.2 Å². The maximum Gasteiger partial charge on any atom is 0.227 e. The predicted octanol–water partition coefficient (Wildman–Crippen LogP) is 1.22. The van der Waals surface area contributed by atoms with Gasteiger partial charge in [0.1, 0.15) is 10.7 Å². The summed E-state index contributed by atoms with van der Waals surface area (Å²) in [6.07, 6.45) is -0.711. The summed E-state index contributed by atoms with van der Waals surface area (Å²) < 4.78 is 0.654. The van der Waals surface area contributed by atoms with Crippen LogP contribution in [0.15, 0.2) is 16.7 Å². The van der Waals surface area contributed by atoms with E-state index >= 15 is 0 Å². The molecule has 1 amide bonds. The van der Waals surface area contributed by atoms with Crippen molar-refractivity contribution in [3.05, 3.63) is 22.4 Å². The minimum absolute atomic E-state index is 0.0798. The van der Waals surface area contributed by atoms with Gasteiger partial charge in [0.2, 0.25) is 5.91 Å². The van der Waals surface area contributed by atoms with Crippen LogP contribution in [0.2, 0.25) is 0 Å². The van der Waals surface area contributed by atoms with Crippen LogP contribution in [0.4, 0.5) is 5.69 Å². The number of anilines is 1. The van der Waals surface area contributed by atoms with Gasteiger partial charge in [-0.15, -0.1) is 0 Å². The summed E-state index contributed by atoms with van der Waals surface area (Å²) in [6, 6.07) is 3.43. The van der Waals surface area contributed by atoms with Crippen molar-refractivity contribution < 1.29 is 9.90 Å². The van der Waals surface area contributed by atoms with Crippen LogP contribution in [0.25, 0.3) is 0 Å². The summed E-state index contributed by atoms with van der Waals surface area (Å²) in [7, 11) is 0. The van der Waals surface area contributed by atoms with E-state index in [1.165, 1.54) is 0 Å². The second-order valence-corrected chi connectivity index (χ2v) is 3.65. The predicted molar refractivity (Wildman–Crippen MR) is 50.1 cm³/mol. The summed E-state index contributed by atoms with van der Waals surface area (Å²) in [6.45, 7) is 0. The highest BCUT2D eigenvalue weighted by atomic mass is 79.9. The maximum atomic E-state index is 11.0. The molecule has 1 aromatic heterocycles. The molecule has 0 fully saturated rings. The van der Waals surface area contributed by atoms with Crippen LogP contribution in [0.3, 0.4) is 0 Å². The summed E-state index contributed by atoms with van der Waals surface area (Å²) in [5.74, 6) is -0.177. The van der Waals surface area contributed by atoms with Gasteiger partial charge >= 0.3 is 0 Å². The molecule has 1 atom stereocenters. The Kier molecular flexibility index (Phi) is 2.05. The molecule has 1 aliphatic rings. The highest BCUT2D eigenvalue weighted by Crippen LogP contribution is 2.29.